The second-order valence-corrected chi connectivity index (χ2v) is 5.76. The van der Waals surface area contributed by atoms with Crippen LogP contribution in [0.25, 0.3) is 5.76 Å². The van der Waals surface area contributed by atoms with Crippen LogP contribution in [0.1, 0.15) is 25.0 Å². The highest BCUT2D eigenvalue weighted by atomic mass is 19.1. The van der Waals surface area contributed by atoms with E-state index in [1.165, 1.54) is 33.1 Å². The fraction of sp³-hybridized carbons (Fsp3) is 0.312. The molecular weight excluding hydrogens is 321 g/mol. The quantitative estimate of drug-likeness (QED) is 0.711. The van der Waals surface area contributed by atoms with E-state index >= 15 is 0 Å². The number of rotatable bonds is 4. The number of nitrogens with one attached hydrogen (secondary N) is 1. The second-order valence-electron chi connectivity index (χ2n) is 5.76. The normalized spacial score (nSPS) is 15.8. The summed E-state index contributed by atoms with van der Waals surface area (Å²) in [6, 6.07) is 2.61. The molecule has 0 radical (unpaired) electrons. The predicted molar refractivity (Wildman–Crippen MR) is 81.2 cm³/mol. The summed E-state index contributed by atoms with van der Waals surface area (Å²) < 4.78 is 19.5. The fourth-order valence-corrected chi connectivity index (χ4v) is 2.65. The number of hydrogen-bond donors (Lipinski definition) is 3. The highest BCUT2D eigenvalue weighted by molar-refractivity contribution is 6.28. The Bertz CT molecular complexity index is 781. The molecule has 128 valence electrons. The lowest BCUT2D eigenvalue weighted by Crippen LogP contribution is -2.42. The van der Waals surface area contributed by atoms with E-state index in [2.05, 4.69) is 0 Å². The van der Waals surface area contributed by atoms with Crippen LogP contribution in [0.2, 0.25) is 0 Å². The molecule has 24 heavy (non-hydrogen) atoms. The molecule has 7 nitrogen and oxygen atoms in total. The van der Waals surface area contributed by atoms with Crippen molar-refractivity contribution in [2.75, 3.05) is 13.7 Å². The molecule has 0 aliphatic heterocycles. The van der Waals surface area contributed by atoms with Crippen molar-refractivity contribution < 1.29 is 33.7 Å². The molecule has 0 bridgehead atoms. The molecule has 1 aliphatic carbocycles. The lowest BCUT2D eigenvalue weighted by Gasteiger charge is -2.32. The van der Waals surface area contributed by atoms with E-state index in [1.54, 1.807) is 0 Å². The van der Waals surface area contributed by atoms with E-state index < -0.39 is 46.8 Å². The number of aliphatic hydroxyl groups is 1. The van der Waals surface area contributed by atoms with Gasteiger partial charge >= 0.3 is 5.97 Å². The number of carboxylic acid groups (broad SMARTS) is 1. The van der Waals surface area contributed by atoms with E-state index in [9.17, 15) is 23.9 Å². The molecule has 1 amide bonds. The summed E-state index contributed by atoms with van der Waals surface area (Å²) in [5.74, 6) is -4.75. The van der Waals surface area contributed by atoms with Crippen molar-refractivity contribution in [2.45, 2.75) is 19.3 Å². The number of aliphatic carboxylic acids is 1. The summed E-state index contributed by atoms with van der Waals surface area (Å²) in [6.45, 7) is 2.11. The van der Waals surface area contributed by atoms with Gasteiger partial charge in [-0.15, -0.1) is 0 Å². The molecule has 1 aliphatic rings. The number of ketones is 1. The maximum atomic E-state index is 14.6. The number of aliphatic hydroxyl groups excluding tert-OH is 1. The molecule has 2 rings (SSSR count). The Hall–Kier alpha value is -2.90. The van der Waals surface area contributed by atoms with Crippen molar-refractivity contribution in [3.63, 3.8) is 0 Å². The molecule has 0 heterocycles. The Kier molecular flexibility index (Phi) is 4.33. The molecule has 0 fully saturated rings. The first-order valence-corrected chi connectivity index (χ1v) is 6.98. The number of benzene rings is 1. The summed E-state index contributed by atoms with van der Waals surface area (Å²) in [5, 5.41) is 20.9. The molecule has 0 aromatic heterocycles. The monoisotopic (exact) mass is 337 g/mol. The van der Waals surface area contributed by atoms with Crippen LogP contribution >= 0.6 is 0 Å². The van der Waals surface area contributed by atoms with Gasteiger partial charge in [-0.25, -0.2) is 4.39 Å². The van der Waals surface area contributed by atoms with Crippen LogP contribution in [0.3, 0.4) is 0 Å². The van der Waals surface area contributed by atoms with Crippen molar-refractivity contribution in [1.29, 1.82) is 0 Å². The molecule has 0 atom stereocenters. The average molecular weight is 337 g/mol. The van der Waals surface area contributed by atoms with E-state index in [1.807, 2.05) is 5.32 Å². The largest absolute Gasteiger partial charge is 0.506 e. The van der Waals surface area contributed by atoms with Gasteiger partial charge in [0.25, 0.3) is 5.91 Å². The summed E-state index contributed by atoms with van der Waals surface area (Å²) in [6.07, 6.45) is 0. The van der Waals surface area contributed by atoms with Crippen molar-refractivity contribution in [2.24, 2.45) is 0 Å². The Morgan fingerprint density at radius 1 is 1.33 bits per heavy atom. The van der Waals surface area contributed by atoms with Gasteiger partial charge < -0.3 is 20.3 Å². The minimum Gasteiger partial charge on any atom is -0.506 e. The van der Waals surface area contributed by atoms with Gasteiger partial charge in [-0.1, -0.05) is 0 Å². The van der Waals surface area contributed by atoms with Crippen LogP contribution in [0, 0.1) is 5.82 Å². The SMILES string of the molecule is COc1ccc2c(c1F)C(C)(C)C(=O)C(C(=O)NCC(=O)O)=C2O. The third-order valence-corrected chi connectivity index (χ3v) is 3.87. The minimum absolute atomic E-state index is 0.0154. The Morgan fingerprint density at radius 3 is 2.50 bits per heavy atom. The Balaban J connectivity index is 2.65. The number of halogens is 1. The molecule has 0 spiro atoms. The molecule has 1 aromatic rings. The Labute approximate surface area is 136 Å². The lowest BCUT2D eigenvalue weighted by atomic mass is 9.70. The maximum Gasteiger partial charge on any atom is 0.322 e. The van der Waals surface area contributed by atoms with E-state index in [4.69, 9.17) is 9.84 Å². The summed E-state index contributed by atoms with van der Waals surface area (Å²) in [4.78, 5) is 35.3. The minimum atomic E-state index is -1.45. The second kappa shape index (κ2) is 5.95. The number of carboxylic acids is 1. The van der Waals surface area contributed by atoms with Crippen molar-refractivity contribution in [3.05, 3.63) is 34.6 Å². The highest BCUT2D eigenvalue weighted by Crippen LogP contribution is 2.42. The van der Waals surface area contributed by atoms with Crippen LogP contribution < -0.4 is 10.1 Å². The third kappa shape index (κ3) is 2.60. The molecule has 0 saturated heterocycles. The van der Waals surface area contributed by atoms with Crippen LogP contribution in [0.15, 0.2) is 17.7 Å². The number of hydrogen-bond acceptors (Lipinski definition) is 5. The van der Waals surface area contributed by atoms with E-state index in [0.29, 0.717) is 0 Å². The van der Waals surface area contributed by atoms with Gasteiger partial charge in [-0.2, -0.15) is 0 Å². The topological polar surface area (TPSA) is 113 Å². The summed E-state index contributed by atoms with van der Waals surface area (Å²) >= 11 is 0. The molecule has 1 aromatic carbocycles. The standard InChI is InChI=1S/C16H16FNO6/c1-16(2)11-7(4-5-8(24-3)12(11)17)13(21)10(14(16)22)15(23)18-6-9(19)20/h4-5,21H,6H2,1-3H3,(H,18,23)(H,19,20). The zero-order valence-electron chi connectivity index (χ0n) is 13.3. The number of ether oxygens (including phenoxy) is 1. The van der Waals surface area contributed by atoms with Gasteiger partial charge in [-0.05, 0) is 26.0 Å². The molecule has 8 heteroatoms. The molecule has 3 N–H and O–H groups in total. The van der Waals surface area contributed by atoms with Crippen molar-refractivity contribution in [1.82, 2.24) is 5.32 Å². The van der Waals surface area contributed by atoms with Crippen molar-refractivity contribution in [3.8, 4) is 5.75 Å². The number of amides is 1. The molecule has 0 saturated carbocycles. The zero-order chi connectivity index (χ0) is 18.2. The maximum absolute atomic E-state index is 14.6. The van der Waals surface area contributed by atoms with Gasteiger partial charge in [-0.3, -0.25) is 14.4 Å². The van der Waals surface area contributed by atoms with Crippen LogP contribution in [0.5, 0.6) is 5.75 Å². The summed E-state index contributed by atoms with van der Waals surface area (Å²) in [5.41, 5.74) is -2.15. The molecule has 0 unspecified atom stereocenters. The highest BCUT2D eigenvalue weighted by Gasteiger charge is 2.45. The van der Waals surface area contributed by atoms with E-state index in [-0.39, 0.29) is 16.9 Å². The van der Waals surface area contributed by atoms with Crippen LogP contribution in [-0.4, -0.2) is 41.5 Å². The third-order valence-electron chi connectivity index (χ3n) is 3.87. The zero-order valence-corrected chi connectivity index (χ0v) is 13.3. The van der Waals surface area contributed by atoms with Crippen LogP contribution in [-0.2, 0) is 19.8 Å². The number of methoxy groups -OCH3 is 1. The van der Waals surface area contributed by atoms with Gasteiger partial charge in [0.05, 0.1) is 12.5 Å². The van der Waals surface area contributed by atoms with Gasteiger partial charge in [0.1, 0.15) is 17.9 Å². The number of fused-ring (bicyclic) bond motifs is 1. The number of carbonyl (C=O) groups is 3. The van der Waals surface area contributed by atoms with Gasteiger partial charge in [0.2, 0.25) is 0 Å². The number of carbonyl (C=O) groups excluding carboxylic acids is 2. The Morgan fingerprint density at radius 2 is 1.96 bits per heavy atom. The van der Waals surface area contributed by atoms with E-state index in [0.717, 1.165) is 0 Å². The van der Waals surface area contributed by atoms with Crippen molar-refractivity contribution >= 4 is 23.4 Å². The smallest absolute Gasteiger partial charge is 0.322 e. The summed E-state index contributed by atoms with van der Waals surface area (Å²) in [7, 11) is 1.27. The average Bonchev–Trinajstić information content (AvgIpc) is 2.51. The van der Waals surface area contributed by atoms with Gasteiger partial charge in [0.15, 0.2) is 17.3 Å². The first kappa shape index (κ1) is 17.5. The number of Topliss-reactive ketones (excluding diaryl/α,β-unsaturated/α-hetero) is 1. The predicted octanol–water partition coefficient (Wildman–Crippen LogP) is 1.16. The van der Waals surface area contributed by atoms with Crippen LogP contribution in [0.4, 0.5) is 4.39 Å². The fourth-order valence-electron chi connectivity index (χ4n) is 2.65. The molecular formula is C16H16FNO6. The first-order valence-electron chi connectivity index (χ1n) is 6.98. The van der Waals surface area contributed by atoms with Gasteiger partial charge in [0, 0.05) is 11.1 Å². The lowest BCUT2D eigenvalue weighted by molar-refractivity contribution is -0.138. The first-order chi connectivity index (χ1) is 11.1.